The fourth-order valence-corrected chi connectivity index (χ4v) is 2.60. The molecule has 0 fully saturated rings. The Labute approximate surface area is 127 Å². The molecule has 4 rings (SSSR count). The quantitative estimate of drug-likeness (QED) is 0.575. The highest BCUT2D eigenvalue weighted by molar-refractivity contribution is 5.90. The summed E-state index contributed by atoms with van der Waals surface area (Å²) in [5.74, 6) is 0.670. The number of hydrogen-bond donors (Lipinski definition) is 1. The van der Waals surface area contributed by atoms with E-state index >= 15 is 0 Å². The number of anilines is 1. The highest BCUT2D eigenvalue weighted by Crippen LogP contribution is 2.26. The summed E-state index contributed by atoms with van der Waals surface area (Å²) in [6.45, 7) is 0. The molecule has 1 aromatic heterocycles. The molecule has 4 aromatic rings. The van der Waals surface area contributed by atoms with Gasteiger partial charge in [0.15, 0.2) is 5.82 Å². The van der Waals surface area contributed by atoms with Gasteiger partial charge in [0.2, 0.25) is 0 Å². The summed E-state index contributed by atoms with van der Waals surface area (Å²) in [5, 5.41) is 14.4. The first kappa shape index (κ1) is 12.5. The molecule has 0 amide bonds. The number of aromatic nitrogens is 4. The molecule has 0 unspecified atom stereocenters. The number of rotatable bonds is 2. The van der Waals surface area contributed by atoms with Crippen LogP contribution >= 0.6 is 0 Å². The molecular formula is C17H13N5. The third-order valence-corrected chi connectivity index (χ3v) is 3.61. The van der Waals surface area contributed by atoms with Gasteiger partial charge in [0, 0.05) is 16.6 Å². The molecule has 0 aliphatic carbocycles. The highest BCUT2D eigenvalue weighted by Gasteiger charge is 2.12. The fourth-order valence-electron chi connectivity index (χ4n) is 2.60. The van der Waals surface area contributed by atoms with Crippen molar-refractivity contribution < 1.29 is 0 Å². The number of benzene rings is 3. The number of nitrogens with two attached hydrogens (primary N) is 1. The summed E-state index contributed by atoms with van der Waals surface area (Å²) in [7, 11) is 0. The summed E-state index contributed by atoms with van der Waals surface area (Å²) in [5.41, 5.74) is 8.38. The van der Waals surface area contributed by atoms with Gasteiger partial charge in [0.05, 0.1) is 5.69 Å². The SMILES string of the molecule is Nc1cccc(-c2nnnn2-c2cccc3ccccc23)c1. The first-order valence-corrected chi connectivity index (χ1v) is 6.95. The van der Waals surface area contributed by atoms with E-state index in [0.29, 0.717) is 11.5 Å². The normalized spacial score (nSPS) is 10.9. The maximum Gasteiger partial charge on any atom is 0.187 e. The van der Waals surface area contributed by atoms with E-state index in [1.807, 2.05) is 48.5 Å². The first-order valence-electron chi connectivity index (χ1n) is 6.95. The zero-order chi connectivity index (χ0) is 14.9. The number of fused-ring (bicyclic) bond motifs is 1. The van der Waals surface area contributed by atoms with Gasteiger partial charge in [-0.05, 0) is 34.0 Å². The van der Waals surface area contributed by atoms with Gasteiger partial charge >= 0.3 is 0 Å². The zero-order valence-corrected chi connectivity index (χ0v) is 11.7. The third kappa shape index (κ3) is 2.00. The van der Waals surface area contributed by atoms with E-state index in [9.17, 15) is 0 Å². The van der Waals surface area contributed by atoms with Crippen molar-refractivity contribution in [1.82, 2.24) is 20.2 Å². The molecule has 0 spiro atoms. The van der Waals surface area contributed by atoms with Crippen LogP contribution in [-0.2, 0) is 0 Å². The van der Waals surface area contributed by atoms with Crippen molar-refractivity contribution >= 4 is 16.5 Å². The molecule has 0 aliphatic rings. The van der Waals surface area contributed by atoms with Crippen LogP contribution in [0.4, 0.5) is 5.69 Å². The average Bonchev–Trinajstić information content (AvgIpc) is 3.04. The molecule has 1 heterocycles. The summed E-state index contributed by atoms with van der Waals surface area (Å²) in [4.78, 5) is 0. The van der Waals surface area contributed by atoms with Gasteiger partial charge in [-0.25, -0.2) is 0 Å². The molecule has 2 N–H and O–H groups in total. The van der Waals surface area contributed by atoms with Gasteiger partial charge < -0.3 is 5.73 Å². The minimum Gasteiger partial charge on any atom is -0.399 e. The molecule has 3 aromatic carbocycles. The van der Waals surface area contributed by atoms with Crippen LogP contribution in [0, 0.1) is 0 Å². The van der Waals surface area contributed by atoms with E-state index in [1.54, 1.807) is 4.68 Å². The Kier molecular flexibility index (Phi) is 2.83. The molecule has 0 saturated carbocycles. The Bertz CT molecular complexity index is 953. The summed E-state index contributed by atoms with van der Waals surface area (Å²) in [6, 6.07) is 21.8. The van der Waals surface area contributed by atoms with E-state index in [1.165, 1.54) is 0 Å². The lowest BCUT2D eigenvalue weighted by molar-refractivity contribution is 0.795. The summed E-state index contributed by atoms with van der Waals surface area (Å²) >= 11 is 0. The van der Waals surface area contributed by atoms with Crippen molar-refractivity contribution in [3.05, 3.63) is 66.7 Å². The Morgan fingerprint density at radius 2 is 1.68 bits per heavy atom. The summed E-state index contributed by atoms with van der Waals surface area (Å²) < 4.78 is 1.75. The van der Waals surface area contributed by atoms with Gasteiger partial charge in [0.25, 0.3) is 0 Å². The van der Waals surface area contributed by atoms with Crippen LogP contribution < -0.4 is 5.73 Å². The zero-order valence-electron chi connectivity index (χ0n) is 11.7. The predicted molar refractivity (Wildman–Crippen MR) is 86.5 cm³/mol. The second-order valence-electron chi connectivity index (χ2n) is 5.04. The third-order valence-electron chi connectivity index (χ3n) is 3.61. The van der Waals surface area contributed by atoms with Crippen LogP contribution in [0.3, 0.4) is 0 Å². The second kappa shape index (κ2) is 4.96. The van der Waals surface area contributed by atoms with Crippen LogP contribution in [0.2, 0.25) is 0 Å². The van der Waals surface area contributed by atoms with Crippen LogP contribution in [0.1, 0.15) is 0 Å². The van der Waals surface area contributed by atoms with Crippen LogP contribution in [0.25, 0.3) is 27.8 Å². The molecule has 0 atom stereocenters. The van der Waals surface area contributed by atoms with Gasteiger partial charge in [-0.1, -0.05) is 48.5 Å². The van der Waals surface area contributed by atoms with Crippen LogP contribution in [0.5, 0.6) is 0 Å². The number of nitrogen functional groups attached to an aromatic ring is 1. The fraction of sp³-hybridized carbons (Fsp3) is 0. The molecule has 5 heteroatoms. The van der Waals surface area contributed by atoms with Gasteiger partial charge in [0.1, 0.15) is 0 Å². The van der Waals surface area contributed by atoms with Crippen molar-refractivity contribution in [2.24, 2.45) is 0 Å². The highest BCUT2D eigenvalue weighted by atomic mass is 15.5. The largest absolute Gasteiger partial charge is 0.399 e. The minimum atomic E-state index is 0.670. The maximum absolute atomic E-state index is 5.87. The minimum absolute atomic E-state index is 0.670. The molecule has 5 nitrogen and oxygen atoms in total. The smallest absolute Gasteiger partial charge is 0.187 e. The first-order chi connectivity index (χ1) is 10.8. The van der Waals surface area contributed by atoms with Crippen molar-refractivity contribution in [3.63, 3.8) is 0 Å². The average molecular weight is 287 g/mol. The molecule has 22 heavy (non-hydrogen) atoms. The number of hydrogen-bond acceptors (Lipinski definition) is 4. The van der Waals surface area contributed by atoms with Crippen molar-refractivity contribution in [2.45, 2.75) is 0 Å². The maximum atomic E-state index is 5.87. The van der Waals surface area contributed by atoms with E-state index < -0.39 is 0 Å². The van der Waals surface area contributed by atoms with Crippen LogP contribution in [0.15, 0.2) is 66.7 Å². The van der Waals surface area contributed by atoms with Crippen LogP contribution in [-0.4, -0.2) is 20.2 Å². The molecule has 106 valence electrons. The van der Waals surface area contributed by atoms with Crippen molar-refractivity contribution in [1.29, 1.82) is 0 Å². The number of nitrogens with zero attached hydrogens (tertiary/aromatic N) is 4. The van der Waals surface area contributed by atoms with E-state index in [-0.39, 0.29) is 0 Å². The van der Waals surface area contributed by atoms with Crippen molar-refractivity contribution in [2.75, 3.05) is 5.73 Å². The Hall–Kier alpha value is -3.21. The standard InChI is InChI=1S/C17H13N5/c18-14-8-3-7-13(11-14)17-19-20-21-22(17)16-10-4-6-12-5-1-2-9-15(12)16/h1-11H,18H2. The van der Waals surface area contributed by atoms with E-state index in [4.69, 9.17) is 5.73 Å². The lowest BCUT2D eigenvalue weighted by Gasteiger charge is -2.08. The lowest BCUT2D eigenvalue weighted by Crippen LogP contribution is -2.01. The number of tetrazole rings is 1. The molecule has 0 saturated heterocycles. The Morgan fingerprint density at radius 3 is 2.59 bits per heavy atom. The van der Waals surface area contributed by atoms with Crippen molar-refractivity contribution in [3.8, 4) is 17.1 Å². The lowest BCUT2D eigenvalue weighted by atomic mass is 10.1. The van der Waals surface area contributed by atoms with E-state index in [0.717, 1.165) is 22.0 Å². The predicted octanol–water partition coefficient (Wildman–Crippen LogP) is 3.06. The molecular weight excluding hydrogens is 274 g/mol. The second-order valence-corrected chi connectivity index (χ2v) is 5.04. The topological polar surface area (TPSA) is 69.6 Å². The van der Waals surface area contributed by atoms with E-state index in [2.05, 4.69) is 33.7 Å². The molecule has 0 radical (unpaired) electrons. The monoisotopic (exact) mass is 287 g/mol. The van der Waals surface area contributed by atoms with Gasteiger partial charge in [-0.2, -0.15) is 4.68 Å². The summed E-state index contributed by atoms with van der Waals surface area (Å²) in [6.07, 6.45) is 0. The molecule has 0 aliphatic heterocycles. The molecule has 0 bridgehead atoms. The Morgan fingerprint density at radius 1 is 0.864 bits per heavy atom. The van der Waals surface area contributed by atoms with Gasteiger partial charge in [-0.15, -0.1) is 5.10 Å². The Balaban J connectivity index is 1.96. The van der Waals surface area contributed by atoms with Gasteiger partial charge in [-0.3, -0.25) is 0 Å².